The lowest BCUT2D eigenvalue weighted by molar-refractivity contribution is -0.133. The fraction of sp³-hybridized carbons (Fsp3) is 0.333. The van der Waals surface area contributed by atoms with Gasteiger partial charge in [0.2, 0.25) is 11.8 Å². The minimum atomic E-state index is -0.409. The summed E-state index contributed by atoms with van der Waals surface area (Å²) in [7, 11) is 0. The third kappa shape index (κ3) is 3.90. The van der Waals surface area contributed by atoms with Crippen molar-refractivity contribution in [1.29, 1.82) is 0 Å². The number of nitrogens with zero attached hydrogens (tertiary/aromatic N) is 1. The van der Waals surface area contributed by atoms with Gasteiger partial charge in [-0.05, 0) is 29.5 Å². The average molecular weight is 336 g/mol. The molecule has 25 heavy (non-hydrogen) atoms. The quantitative estimate of drug-likeness (QED) is 0.899. The maximum atomic E-state index is 12.8. The summed E-state index contributed by atoms with van der Waals surface area (Å²) in [6.07, 6.45) is 0.998. The van der Waals surface area contributed by atoms with Gasteiger partial charge in [0.15, 0.2) is 0 Å². The van der Waals surface area contributed by atoms with Crippen LogP contribution in [0, 0.1) is 0 Å². The Kier molecular flexibility index (Phi) is 5.17. The first kappa shape index (κ1) is 17.2. The number of benzene rings is 2. The third-order valence-corrected chi connectivity index (χ3v) is 4.67. The topological polar surface area (TPSA) is 49.4 Å². The lowest BCUT2D eigenvalue weighted by atomic mass is 10.0. The molecule has 0 spiro atoms. The molecule has 3 rings (SSSR count). The largest absolute Gasteiger partial charge is 0.326 e. The number of carbonyl (C=O) groups is 2. The van der Waals surface area contributed by atoms with Gasteiger partial charge in [-0.2, -0.15) is 0 Å². The van der Waals surface area contributed by atoms with Gasteiger partial charge in [-0.15, -0.1) is 0 Å². The van der Waals surface area contributed by atoms with Crippen molar-refractivity contribution in [1.82, 2.24) is 4.90 Å². The molecule has 1 saturated heterocycles. The predicted octanol–water partition coefficient (Wildman–Crippen LogP) is 3.94. The summed E-state index contributed by atoms with van der Waals surface area (Å²) in [4.78, 5) is 26.8. The molecular formula is C21H24N2O2. The molecule has 1 aliphatic heterocycles. The van der Waals surface area contributed by atoms with E-state index in [2.05, 4.69) is 19.2 Å². The van der Waals surface area contributed by atoms with E-state index in [1.54, 1.807) is 4.90 Å². The Labute approximate surface area is 148 Å². The first-order chi connectivity index (χ1) is 12.1. The summed E-state index contributed by atoms with van der Waals surface area (Å²) in [5, 5.41) is 3.04. The Morgan fingerprint density at radius 3 is 2.52 bits per heavy atom. The van der Waals surface area contributed by atoms with Crippen molar-refractivity contribution in [2.75, 3.05) is 5.32 Å². The molecule has 0 aromatic heterocycles. The predicted molar refractivity (Wildman–Crippen MR) is 99.2 cm³/mol. The minimum Gasteiger partial charge on any atom is -0.326 e. The van der Waals surface area contributed by atoms with Crippen LogP contribution < -0.4 is 5.32 Å². The molecule has 1 atom stereocenters. The van der Waals surface area contributed by atoms with E-state index in [0.29, 0.717) is 25.3 Å². The molecule has 1 heterocycles. The van der Waals surface area contributed by atoms with E-state index >= 15 is 0 Å². The van der Waals surface area contributed by atoms with Crippen LogP contribution in [0.4, 0.5) is 5.69 Å². The van der Waals surface area contributed by atoms with E-state index in [1.165, 1.54) is 0 Å². The highest BCUT2D eigenvalue weighted by Gasteiger charge is 2.36. The van der Waals surface area contributed by atoms with Gasteiger partial charge in [-0.25, -0.2) is 0 Å². The van der Waals surface area contributed by atoms with Crippen molar-refractivity contribution in [3.05, 3.63) is 65.7 Å². The van der Waals surface area contributed by atoms with E-state index in [0.717, 1.165) is 16.8 Å². The van der Waals surface area contributed by atoms with E-state index in [9.17, 15) is 9.59 Å². The molecule has 0 bridgehead atoms. The molecule has 2 amide bonds. The third-order valence-electron chi connectivity index (χ3n) is 4.67. The summed E-state index contributed by atoms with van der Waals surface area (Å²) in [5.74, 6) is 0.262. The van der Waals surface area contributed by atoms with Gasteiger partial charge in [-0.1, -0.05) is 62.4 Å². The number of anilines is 1. The molecule has 2 aromatic rings. The number of rotatable bonds is 5. The number of amides is 2. The Hall–Kier alpha value is -2.62. The fourth-order valence-corrected chi connectivity index (χ4v) is 3.31. The SMILES string of the molecule is CC(C)c1ccccc1NC(=O)C1CCC(=O)N1Cc1ccccc1. The molecule has 0 radical (unpaired) electrons. The van der Waals surface area contributed by atoms with Crippen LogP contribution in [-0.4, -0.2) is 22.8 Å². The highest BCUT2D eigenvalue weighted by molar-refractivity contribution is 5.99. The van der Waals surface area contributed by atoms with E-state index in [4.69, 9.17) is 0 Å². The van der Waals surface area contributed by atoms with Gasteiger partial charge in [-0.3, -0.25) is 9.59 Å². The highest BCUT2D eigenvalue weighted by Crippen LogP contribution is 2.26. The molecule has 1 fully saturated rings. The Bertz CT molecular complexity index is 756. The number of likely N-dealkylation sites (tertiary alicyclic amines) is 1. The van der Waals surface area contributed by atoms with E-state index in [-0.39, 0.29) is 11.8 Å². The van der Waals surface area contributed by atoms with Crippen molar-refractivity contribution >= 4 is 17.5 Å². The molecular weight excluding hydrogens is 312 g/mol. The lowest BCUT2D eigenvalue weighted by Gasteiger charge is -2.25. The maximum Gasteiger partial charge on any atom is 0.247 e. The van der Waals surface area contributed by atoms with Crippen LogP contribution in [0.15, 0.2) is 54.6 Å². The van der Waals surface area contributed by atoms with Gasteiger partial charge in [0.05, 0.1) is 0 Å². The van der Waals surface area contributed by atoms with Gasteiger partial charge in [0.1, 0.15) is 6.04 Å². The van der Waals surface area contributed by atoms with E-state index in [1.807, 2.05) is 54.6 Å². The number of nitrogens with one attached hydrogen (secondary N) is 1. The van der Waals surface area contributed by atoms with Crippen molar-refractivity contribution in [3.63, 3.8) is 0 Å². The summed E-state index contributed by atoms with van der Waals surface area (Å²) in [5.41, 5.74) is 2.98. The lowest BCUT2D eigenvalue weighted by Crippen LogP contribution is -2.41. The molecule has 2 aromatic carbocycles. The first-order valence-electron chi connectivity index (χ1n) is 8.79. The van der Waals surface area contributed by atoms with Gasteiger partial charge >= 0.3 is 0 Å². The number of para-hydroxylation sites is 1. The molecule has 4 heteroatoms. The second-order valence-electron chi connectivity index (χ2n) is 6.79. The van der Waals surface area contributed by atoms with Crippen LogP contribution in [0.3, 0.4) is 0 Å². The van der Waals surface area contributed by atoms with Crippen LogP contribution in [0.5, 0.6) is 0 Å². The molecule has 0 aliphatic carbocycles. The molecule has 1 unspecified atom stereocenters. The smallest absolute Gasteiger partial charge is 0.247 e. The molecule has 1 aliphatic rings. The summed E-state index contributed by atoms with van der Waals surface area (Å²) in [6.45, 7) is 4.68. The first-order valence-corrected chi connectivity index (χ1v) is 8.79. The van der Waals surface area contributed by atoms with Gasteiger partial charge in [0, 0.05) is 18.7 Å². The summed E-state index contributed by atoms with van der Waals surface area (Å²) >= 11 is 0. The zero-order valence-corrected chi connectivity index (χ0v) is 14.7. The van der Waals surface area contributed by atoms with Crippen molar-refractivity contribution < 1.29 is 9.59 Å². The summed E-state index contributed by atoms with van der Waals surface area (Å²) < 4.78 is 0. The van der Waals surface area contributed by atoms with Crippen molar-refractivity contribution in [2.45, 2.75) is 45.2 Å². The van der Waals surface area contributed by atoms with Crippen molar-refractivity contribution in [3.8, 4) is 0 Å². The molecule has 4 nitrogen and oxygen atoms in total. The summed E-state index contributed by atoms with van der Waals surface area (Å²) in [6, 6.07) is 17.2. The van der Waals surface area contributed by atoms with Crippen LogP contribution in [0.2, 0.25) is 0 Å². The number of hydrogen-bond acceptors (Lipinski definition) is 2. The van der Waals surface area contributed by atoms with Gasteiger partial charge < -0.3 is 10.2 Å². The zero-order chi connectivity index (χ0) is 17.8. The Morgan fingerprint density at radius 1 is 1.12 bits per heavy atom. The Balaban J connectivity index is 1.76. The second kappa shape index (κ2) is 7.51. The minimum absolute atomic E-state index is 0.0427. The monoisotopic (exact) mass is 336 g/mol. The molecule has 130 valence electrons. The second-order valence-corrected chi connectivity index (χ2v) is 6.79. The molecule has 0 saturated carbocycles. The van der Waals surface area contributed by atoms with E-state index < -0.39 is 6.04 Å². The normalized spacial score (nSPS) is 17.2. The van der Waals surface area contributed by atoms with Gasteiger partial charge in [0.25, 0.3) is 0 Å². The van der Waals surface area contributed by atoms with Crippen molar-refractivity contribution in [2.24, 2.45) is 0 Å². The van der Waals surface area contributed by atoms with Crippen LogP contribution in [0.25, 0.3) is 0 Å². The fourth-order valence-electron chi connectivity index (χ4n) is 3.31. The zero-order valence-electron chi connectivity index (χ0n) is 14.7. The number of hydrogen-bond donors (Lipinski definition) is 1. The van der Waals surface area contributed by atoms with Crippen LogP contribution >= 0.6 is 0 Å². The molecule has 1 N–H and O–H groups in total. The number of carbonyl (C=O) groups excluding carboxylic acids is 2. The van der Waals surface area contributed by atoms with Crippen LogP contribution in [0.1, 0.15) is 43.7 Å². The standard InChI is InChI=1S/C21H24N2O2/c1-15(2)17-10-6-7-11-18(17)22-21(25)19-12-13-20(24)23(19)14-16-8-4-3-5-9-16/h3-11,15,19H,12-14H2,1-2H3,(H,22,25). The maximum absolute atomic E-state index is 12.8. The Morgan fingerprint density at radius 2 is 1.80 bits per heavy atom. The highest BCUT2D eigenvalue weighted by atomic mass is 16.2. The van der Waals surface area contributed by atoms with Crippen LogP contribution in [-0.2, 0) is 16.1 Å². The average Bonchev–Trinajstić information content (AvgIpc) is 2.97.